The van der Waals surface area contributed by atoms with E-state index in [0.717, 1.165) is 0 Å². The van der Waals surface area contributed by atoms with Gasteiger partial charge in [0.1, 0.15) is 0 Å². The fourth-order valence-corrected chi connectivity index (χ4v) is 0.591. The Morgan fingerprint density at radius 1 is 1.50 bits per heavy atom. The predicted octanol–water partition coefficient (Wildman–Crippen LogP) is 1.55. The molecule has 0 heterocycles. The molecule has 0 bridgehead atoms. The SMILES string of the molecule is [CH2]C(CCC)N(C)C. The van der Waals surface area contributed by atoms with Gasteiger partial charge in [-0.2, -0.15) is 0 Å². The highest BCUT2D eigenvalue weighted by Gasteiger charge is 2.00. The minimum Gasteiger partial charge on any atom is -0.306 e. The lowest BCUT2D eigenvalue weighted by Crippen LogP contribution is -2.24. The first-order valence-electron chi connectivity index (χ1n) is 3.18. The van der Waals surface area contributed by atoms with E-state index in [4.69, 9.17) is 0 Å². The molecule has 0 saturated carbocycles. The van der Waals surface area contributed by atoms with Gasteiger partial charge in [0.05, 0.1) is 0 Å². The van der Waals surface area contributed by atoms with E-state index in [-0.39, 0.29) is 0 Å². The second-order valence-corrected chi connectivity index (χ2v) is 2.41. The van der Waals surface area contributed by atoms with Gasteiger partial charge in [0, 0.05) is 6.04 Å². The van der Waals surface area contributed by atoms with Crippen LogP contribution in [-0.2, 0) is 0 Å². The Kier molecular flexibility index (Phi) is 3.88. The van der Waals surface area contributed by atoms with Gasteiger partial charge in [-0.25, -0.2) is 0 Å². The summed E-state index contributed by atoms with van der Waals surface area (Å²) in [5, 5.41) is 0. The molecular weight excluding hydrogens is 98.1 g/mol. The molecule has 1 radical (unpaired) electrons. The molecule has 49 valence electrons. The molecule has 0 spiro atoms. The van der Waals surface area contributed by atoms with Crippen LogP contribution in [0.1, 0.15) is 19.8 Å². The molecule has 0 saturated heterocycles. The van der Waals surface area contributed by atoms with Crippen molar-refractivity contribution >= 4 is 0 Å². The van der Waals surface area contributed by atoms with Gasteiger partial charge in [-0.15, -0.1) is 0 Å². The fourth-order valence-electron chi connectivity index (χ4n) is 0.591. The minimum absolute atomic E-state index is 0.500. The van der Waals surface area contributed by atoms with Gasteiger partial charge in [-0.3, -0.25) is 0 Å². The molecule has 1 atom stereocenters. The summed E-state index contributed by atoms with van der Waals surface area (Å²) in [5.41, 5.74) is 0. The van der Waals surface area contributed by atoms with Crippen molar-refractivity contribution in [2.45, 2.75) is 25.8 Å². The van der Waals surface area contributed by atoms with E-state index in [0.29, 0.717) is 6.04 Å². The summed E-state index contributed by atoms with van der Waals surface area (Å²) in [4.78, 5) is 2.14. The lowest BCUT2D eigenvalue weighted by Gasteiger charge is -2.17. The van der Waals surface area contributed by atoms with Crippen LogP contribution in [0.4, 0.5) is 0 Å². The molecule has 0 N–H and O–H groups in total. The second kappa shape index (κ2) is 3.90. The minimum atomic E-state index is 0.500. The molecule has 8 heavy (non-hydrogen) atoms. The Bertz CT molecular complexity index is 50.3. The Labute approximate surface area is 52.7 Å². The largest absolute Gasteiger partial charge is 0.306 e. The standard InChI is InChI=1S/C7H16N/c1-5-6-7(2)8(3)4/h7H,2,5-6H2,1,3-4H3. The monoisotopic (exact) mass is 114 g/mol. The lowest BCUT2D eigenvalue weighted by molar-refractivity contribution is 0.323. The van der Waals surface area contributed by atoms with Crippen LogP contribution in [-0.4, -0.2) is 25.0 Å². The molecule has 0 aromatic carbocycles. The summed E-state index contributed by atoms with van der Waals surface area (Å²) in [6.45, 7) is 6.14. The molecule has 0 aliphatic heterocycles. The molecule has 0 aliphatic carbocycles. The van der Waals surface area contributed by atoms with E-state index in [1.54, 1.807) is 0 Å². The van der Waals surface area contributed by atoms with Crippen LogP contribution in [0.5, 0.6) is 0 Å². The number of rotatable bonds is 3. The Morgan fingerprint density at radius 2 is 2.00 bits per heavy atom. The maximum absolute atomic E-state index is 3.95. The van der Waals surface area contributed by atoms with Crippen LogP contribution in [0.25, 0.3) is 0 Å². The number of nitrogens with zero attached hydrogens (tertiary/aromatic N) is 1. The highest BCUT2D eigenvalue weighted by atomic mass is 15.1. The maximum atomic E-state index is 3.95. The van der Waals surface area contributed by atoms with E-state index < -0.39 is 0 Å². The quantitative estimate of drug-likeness (QED) is 0.538. The van der Waals surface area contributed by atoms with Crippen LogP contribution in [0.2, 0.25) is 0 Å². The highest BCUT2D eigenvalue weighted by molar-refractivity contribution is 4.66. The lowest BCUT2D eigenvalue weighted by atomic mass is 10.2. The molecule has 0 aromatic rings. The first kappa shape index (κ1) is 7.96. The molecule has 0 rings (SSSR count). The number of hydrogen-bond donors (Lipinski definition) is 0. The molecule has 1 heteroatoms. The molecule has 0 aromatic heterocycles. The van der Waals surface area contributed by atoms with Gasteiger partial charge in [0.25, 0.3) is 0 Å². The molecular formula is C7H16N. The maximum Gasteiger partial charge on any atom is 0.00896 e. The summed E-state index contributed by atoms with van der Waals surface area (Å²) in [6.07, 6.45) is 2.43. The van der Waals surface area contributed by atoms with E-state index >= 15 is 0 Å². The third kappa shape index (κ3) is 3.03. The van der Waals surface area contributed by atoms with Crippen LogP contribution >= 0.6 is 0 Å². The van der Waals surface area contributed by atoms with Crippen molar-refractivity contribution in [2.75, 3.05) is 14.1 Å². The normalized spacial score (nSPS) is 14.6. The van der Waals surface area contributed by atoms with Gasteiger partial charge >= 0.3 is 0 Å². The summed E-state index contributed by atoms with van der Waals surface area (Å²) >= 11 is 0. The third-order valence-corrected chi connectivity index (χ3v) is 1.35. The fraction of sp³-hybridized carbons (Fsp3) is 0.857. The first-order chi connectivity index (χ1) is 3.68. The second-order valence-electron chi connectivity index (χ2n) is 2.41. The first-order valence-corrected chi connectivity index (χ1v) is 3.18. The van der Waals surface area contributed by atoms with Crippen molar-refractivity contribution in [3.63, 3.8) is 0 Å². The summed E-state index contributed by atoms with van der Waals surface area (Å²) in [5.74, 6) is 0. The topological polar surface area (TPSA) is 3.24 Å². The van der Waals surface area contributed by atoms with Gasteiger partial charge < -0.3 is 4.90 Å². The van der Waals surface area contributed by atoms with Gasteiger partial charge in [-0.05, 0) is 27.4 Å². The zero-order valence-corrected chi connectivity index (χ0v) is 6.15. The van der Waals surface area contributed by atoms with Crippen molar-refractivity contribution < 1.29 is 0 Å². The smallest absolute Gasteiger partial charge is 0.00896 e. The zero-order valence-electron chi connectivity index (χ0n) is 6.15. The van der Waals surface area contributed by atoms with Crippen molar-refractivity contribution in [1.82, 2.24) is 4.90 Å². The van der Waals surface area contributed by atoms with Gasteiger partial charge in [-0.1, -0.05) is 13.3 Å². The van der Waals surface area contributed by atoms with Gasteiger partial charge in [0.15, 0.2) is 0 Å². The van der Waals surface area contributed by atoms with Crippen LogP contribution < -0.4 is 0 Å². The van der Waals surface area contributed by atoms with E-state index in [9.17, 15) is 0 Å². The Balaban J connectivity index is 3.17. The van der Waals surface area contributed by atoms with Gasteiger partial charge in [0.2, 0.25) is 0 Å². The summed E-state index contributed by atoms with van der Waals surface area (Å²) in [7, 11) is 4.13. The van der Waals surface area contributed by atoms with E-state index in [1.807, 2.05) is 0 Å². The molecule has 0 aliphatic rings. The molecule has 1 unspecified atom stereocenters. The summed E-state index contributed by atoms with van der Waals surface area (Å²) in [6, 6.07) is 0.500. The van der Waals surface area contributed by atoms with Crippen LogP contribution in [0.15, 0.2) is 0 Å². The molecule has 1 nitrogen and oxygen atoms in total. The average molecular weight is 114 g/mol. The van der Waals surface area contributed by atoms with Crippen LogP contribution in [0.3, 0.4) is 0 Å². The van der Waals surface area contributed by atoms with E-state index in [2.05, 4.69) is 32.8 Å². The van der Waals surface area contributed by atoms with Crippen molar-refractivity contribution in [3.05, 3.63) is 6.92 Å². The van der Waals surface area contributed by atoms with Crippen molar-refractivity contribution in [3.8, 4) is 0 Å². The van der Waals surface area contributed by atoms with E-state index in [1.165, 1.54) is 12.8 Å². The third-order valence-electron chi connectivity index (χ3n) is 1.35. The summed E-state index contributed by atoms with van der Waals surface area (Å²) < 4.78 is 0. The van der Waals surface area contributed by atoms with Crippen LogP contribution in [0, 0.1) is 6.92 Å². The Hall–Kier alpha value is -0.0400. The Morgan fingerprint density at radius 3 is 2.12 bits per heavy atom. The number of hydrogen-bond acceptors (Lipinski definition) is 1. The van der Waals surface area contributed by atoms with Crippen molar-refractivity contribution in [1.29, 1.82) is 0 Å². The molecule has 0 fully saturated rings. The highest BCUT2D eigenvalue weighted by Crippen LogP contribution is 1.99. The zero-order chi connectivity index (χ0) is 6.57. The predicted molar refractivity (Wildman–Crippen MR) is 37.7 cm³/mol. The van der Waals surface area contributed by atoms with Crippen molar-refractivity contribution in [2.24, 2.45) is 0 Å². The average Bonchev–Trinajstić information content (AvgIpc) is 1.67. The molecule has 0 amide bonds.